The number of thioether (sulfide) groups is 1. The fourth-order valence-electron chi connectivity index (χ4n) is 3.28. The van der Waals surface area contributed by atoms with Gasteiger partial charge in [0.25, 0.3) is 5.69 Å². The van der Waals surface area contributed by atoms with E-state index in [1.807, 2.05) is 6.92 Å². The standard InChI is InChI=1S/C19H24N4O3S/c1-12(2)10-22-14(4)13(3)20-19(22)27-11-18(24)21-8-7-15-9-16(23(25)26)5-6-17(15)21/h5-6,9,12H,7-8,10-11H2,1-4H3. The average Bonchev–Trinajstić information content (AvgIpc) is 3.15. The lowest BCUT2D eigenvalue weighted by molar-refractivity contribution is -0.384. The number of nitro groups is 1. The van der Waals surface area contributed by atoms with Gasteiger partial charge in [0, 0.05) is 36.6 Å². The molecule has 2 aromatic rings. The summed E-state index contributed by atoms with van der Waals surface area (Å²) in [5.41, 5.74) is 3.83. The number of rotatable bonds is 6. The number of amides is 1. The fraction of sp³-hybridized carbons (Fsp3) is 0.474. The largest absolute Gasteiger partial charge is 0.323 e. The molecular formula is C19H24N4O3S. The minimum absolute atomic E-state index is 0.00186. The van der Waals surface area contributed by atoms with Crippen molar-refractivity contribution in [2.75, 3.05) is 17.2 Å². The number of carbonyl (C=O) groups excluding carboxylic acids is 1. The molecule has 0 bridgehead atoms. The summed E-state index contributed by atoms with van der Waals surface area (Å²) in [6.07, 6.45) is 0.646. The van der Waals surface area contributed by atoms with E-state index in [9.17, 15) is 14.9 Å². The van der Waals surface area contributed by atoms with Crippen molar-refractivity contribution in [3.63, 3.8) is 0 Å². The topological polar surface area (TPSA) is 81.3 Å². The smallest absolute Gasteiger partial charge is 0.269 e. The summed E-state index contributed by atoms with van der Waals surface area (Å²) in [6, 6.07) is 4.70. The van der Waals surface area contributed by atoms with Crippen molar-refractivity contribution in [2.24, 2.45) is 5.92 Å². The molecule has 144 valence electrons. The molecule has 1 aromatic carbocycles. The van der Waals surface area contributed by atoms with Gasteiger partial charge in [-0.1, -0.05) is 25.6 Å². The van der Waals surface area contributed by atoms with E-state index in [0.29, 0.717) is 24.6 Å². The monoisotopic (exact) mass is 388 g/mol. The summed E-state index contributed by atoms with van der Waals surface area (Å²) in [5.74, 6) is 0.792. The zero-order chi connectivity index (χ0) is 19.7. The molecule has 0 saturated heterocycles. The van der Waals surface area contributed by atoms with Gasteiger partial charge >= 0.3 is 0 Å². The third-order valence-electron chi connectivity index (χ3n) is 4.77. The number of nitro benzene ring substituents is 1. The summed E-state index contributed by atoms with van der Waals surface area (Å²) in [7, 11) is 0. The first-order valence-corrected chi connectivity index (χ1v) is 10.0. The molecule has 27 heavy (non-hydrogen) atoms. The Hall–Kier alpha value is -2.35. The van der Waals surface area contributed by atoms with Crippen LogP contribution in [0.4, 0.5) is 11.4 Å². The second kappa shape index (κ2) is 7.72. The van der Waals surface area contributed by atoms with E-state index >= 15 is 0 Å². The molecule has 1 aromatic heterocycles. The van der Waals surface area contributed by atoms with Gasteiger partial charge in [-0.3, -0.25) is 14.9 Å². The highest BCUT2D eigenvalue weighted by atomic mass is 32.2. The molecule has 0 unspecified atom stereocenters. The molecule has 0 saturated carbocycles. The first kappa shape index (κ1) is 19.4. The van der Waals surface area contributed by atoms with Gasteiger partial charge in [0.2, 0.25) is 5.91 Å². The van der Waals surface area contributed by atoms with Crippen LogP contribution in [0.15, 0.2) is 23.4 Å². The van der Waals surface area contributed by atoms with Crippen LogP contribution in [-0.4, -0.2) is 32.7 Å². The fourth-order valence-corrected chi connectivity index (χ4v) is 4.26. The number of aryl methyl sites for hydroxylation is 1. The quantitative estimate of drug-likeness (QED) is 0.428. The SMILES string of the molecule is Cc1nc(SCC(=O)N2CCc3cc([N+](=O)[O-])ccc32)n(CC(C)C)c1C. The minimum Gasteiger partial charge on any atom is -0.323 e. The van der Waals surface area contributed by atoms with Crippen molar-refractivity contribution in [1.29, 1.82) is 0 Å². The van der Waals surface area contributed by atoms with Crippen LogP contribution in [0.25, 0.3) is 0 Å². The second-order valence-electron chi connectivity index (χ2n) is 7.22. The highest BCUT2D eigenvalue weighted by Gasteiger charge is 2.27. The molecule has 7 nitrogen and oxygen atoms in total. The number of imidazole rings is 1. The molecule has 0 radical (unpaired) electrons. The zero-order valence-corrected chi connectivity index (χ0v) is 16.9. The number of non-ortho nitro benzene ring substituents is 1. The normalized spacial score (nSPS) is 13.3. The molecule has 0 spiro atoms. The van der Waals surface area contributed by atoms with Crippen LogP contribution >= 0.6 is 11.8 Å². The highest BCUT2D eigenvalue weighted by Crippen LogP contribution is 2.32. The number of anilines is 1. The Kier molecular flexibility index (Phi) is 5.55. The van der Waals surface area contributed by atoms with Gasteiger partial charge in [-0.2, -0.15) is 0 Å². The summed E-state index contributed by atoms with van der Waals surface area (Å²) in [6.45, 7) is 9.80. The van der Waals surface area contributed by atoms with Crippen molar-refractivity contribution >= 4 is 29.0 Å². The van der Waals surface area contributed by atoms with E-state index in [4.69, 9.17) is 0 Å². The molecule has 2 heterocycles. The Bertz CT molecular complexity index is 891. The number of nitrogens with zero attached hydrogens (tertiary/aromatic N) is 4. The van der Waals surface area contributed by atoms with Crippen LogP contribution in [0.5, 0.6) is 0 Å². The van der Waals surface area contributed by atoms with E-state index in [0.717, 1.165) is 34.3 Å². The molecule has 1 aliphatic rings. The number of hydrogen-bond acceptors (Lipinski definition) is 5. The Labute approximate surface area is 162 Å². The number of aromatic nitrogens is 2. The molecule has 1 amide bonds. The van der Waals surface area contributed by atoms with Crippen molar-refractivity contribution in [3.05, 3.63) is 45.3 Å². The first-order chi connectivity index (χ1) is 12.8. The lowest BCUT2D eigenvalue weighted by Gasteiger charge is -2.17. The van der Waals surface area contributed by atoms with E-state index in [-0.39, 0.29) is 11.6 Å². The third-order valence-corrected chi connectivity index (χ3v) is 5.73. The summed E-state index contributed by atoms with van der Waals surface area (Å²) >= 11 is 1.45. The minimum atomic E-state index is -0.403. The molecule has 3 rings (SSSR count). The van der Waals surface area contributed by atoms with Crippen molar-refractivity contribution in [1.82, 2.24) is 9.55 Å². The van der Waals surface area contributed by atoms with Crippen LogP contribution < -0.4 is 4.90 Å². The number of hydrogen-bond donors (Lipinski definition) is 0. The molecular weight excluding hydrogens is 364 g/mol. The summed E-state index contributed by atoms with van der Waals surface area (Å²) < 4.78 is 2.18. The molecule has 0 atom stereocenters. The number of benzene rings is 1. The molecule has 0 aliphatic carbocycles. The van der Waals surface area contributed by atoms with Crippen molar-refractivity contribution in [2.45, 2.75) is 45.8 Å². The Balaban J connectivity index is 1.72. The Morgan fingerprint density at radius 1 is 1.37 bits per heavy atom. The van der Waals surface area contributed by atoms with Gasteiger partial charge in [-0.25, -0.2) is 4.98 Å². The van der Waals surface area contributed by atoms with Gasteiger partial charge < -0.3 is 9.47 Å². The molecule has 0 fully saturated rings. The second-order valence-corrected chi connectivity index (χ2v) is 8.17. The highest BCUT2D eigenvalue weighted by molar-refractivity contribution is 7.99. The van der Waals surface area contributed by atoms with E-state index < -0.39 is 4.92 Å². The van der Waals surface area contributed by atoms with E-state index in [1.54, 1.807) is 17.0 Å². The van der Waals surface area contributed by atoms with Crippen molar-refractivity contribution < 1.29 is 9.72 Å². The predicted molar refractivity (Wildman–Crippen MR) is 106 cm³/mol. The van der Waals surface area contributed by atoms with Crippen LogP contribution in [0, 0.1) is 29.9 Å². The van der Waals surface area contributed by atoms with Gasteiger partial charge in [0.05, 0.1) is 16.4 Å². The predicted octanol–water partition coefficient (Wildman–Crippen LogP) is 3.75. The summed E-state index contributed by atoms with van der Waals surface area (Å²) in [4.78, 5) is 29.6. The number of fused-ring (bicyclic) bond motifs is 1. The van der Waals surface area contributed by atoms with Gasteiger partial charge in [-0.05, 0) is 37.8 Å². The van der Waals surface area contributed by atoms with Crippen LogP contribution in [-0.2, 0) is 17.8 Å². The summed E-state index contributed by atoms with van der Waals surface area (Å²) in [5, 5.41) is 11.8. The Morgan fingerprint density at radius 3 is 2.78 bits per heavy atom. The maximum absolute atomic E-state index is 12.8. The maximum Gasteiger partial charge on any atom is 0.269 e. The molecule has 0 N–H and O–H groups in total. The van der Waals surface area contributed by atoms with Gasteiger partial charge in [0.15, 0.2) is 5.16 Å². The maximum atomic E-state index is 12.8. The third kappa shape index (κ3) is 4.00. The van der Waals surface area contributed by atoms with Gasteiger partial charge in [0.1, 0.15) is 0 Å². The molecule has 8 heteroatoms. The average molecular weight is 388 g/mol. The van der Waals surface area contributed by atoms with Crippen LogP contribution in [0.3, 0.4) is 0 Å². The van der Waals surface area contributed by atoms with Crippen LogP contribution in [0.2, 0.25) is 0 Å². The lowest BCUT2D eigenvalue weighted by atomic mass is 10.1. The van der Waals surface area contributed by atoms with Crippen LogP contribution in [0.1, 0.15) is 30.8 Å². The molecule has 1 aliphatic heterocycles. The zero-order valence-electron chi connectivity index (χ0n) is 16.1. The van der Waals surface area contributed by atoms with E-state index in [2.05, 4.69) is 30.3 Å². The van der Waals surface area contributed by atoms with E-state index in [1.165, 1.54) is 17.8 Å². The number of carbonyl (C=O) groups is 1. The first-order valence-electron chi connectivity index (χ1n) is 9.02. The Morgan fingerprint density at radius 2 is 2.11 bits per heavy atom. The lowest BCUT2D eigenvalue weighted by Crippen LogP contribution is -2.30. The van der Waals surface area contributed by atoms with Crippen molar-refractivity contribution in [3.8, 4) is 0 Å². The van der Waals surface area contributed by atoms with Gasteiger partial charge in [-0.15, -0.1) is 0 Å².